The van der Waals surface area contributed by atoms with E-state index < -0.39 is 16.0 Å². The topological polar surface area (TPSA) is 74.7 Å². The Bertz CT molecular complexity index is 726. The first-order valence-electron chi connectivity index (χ1n) is 5.81. The number of nitrogens with zero attached hydrogens (tertiary/aromatic N) is 1. The van der Waals surface area contributed by atoms with Crippen LogP contribution in [0.15, 0.2) is 59.5 Å². The zero-order valence-electron chi connectivity index (χ0n) is 10.7. The highest BCUT2D eigenvalue weighted by atomic mass is 32.2. The SMILES string of the molecule is CN(c1ccccc1C(=O)O)S(=O)(=O)c1ccccc1. The summed E-state index contributed by atoms with van der Waals surface area (Å²) in [6.45, 7) is 0. The third-order valence-electron chi connectivity index (χ3n) is 2.88. The molecule has 0 aliphatic carbocycles. The van der Waals surface area contributed by atoms with Crippen LogP contribution >= 0.6 is 0 Å². The van der Waals surface area contributed by atoms with E-state index in [2.05, 4.69) is 0 Å². The van der Waals surface area contributed by atoms with Crippen LogP contribution in [0.5, 0.6) is 0 Å². The lowest BCUT2D eigenvalue weighted by Crippen LogP contribution is -2.28. The Balaban J connectivity index is 2.52. The maximum atomic E-state index is 12.4. The summed E-state index contributed by atoms with van der Waals surface area (Å²) >= 11 is 0. The normalized spacial score (nSPS) is 11.1. The summed E-state index contributed by atoms with van der Waals surface area (Å²) in [4.78, 5) is 11.3. The van der Waals surface area contributed by atoms with Gasteiger partial charge < -0.3 is 5.11 Å². The smallest absolute Gasteiger partial charge is 0.337 e. The molecule has 0 heterocycles. The predicted octanol–water partition coefficient (Wildman–Crippen LogP) is 2.21. The van der Waals surface area contributed by atoms with Crippen LogP contribution in [0.3, 0.4) is 0 Å². The van der Waals surface area contributed by atoms with Gasteiger partial charge >= 0.3 is 5.97 Å². The number of benzene rings is 2. The van der Waals surface area contributed by atoms with Crippen molar-refractivity contribution in [1.29, 1.82) is 0 Å². The molecule has 6 heteroatoms. The van der Waals surface area contributed by atoms with Crippen LogP contribution in [0.1, 0.15) is 10.4 Å². The molecular formula is C14H13NO4S. The van der Waals surface area contributed by atoms with Gasteiger partial charge in [-0.25, -0.2) is 13.2 Å². The molecular weight excluding hydrogens is 278 g/mol. The van der Waals surface area contributed by atoms with E-state index in [-0.39, 0.29) is 16.1 Å². The van der Waals surface area contributed by atoms with Crippen molar-refractivity contribution in [3.63, 3.8) is 0 Å². The van der Waals surface area contributed by atoms with E-state index in [1.807, 2.05) is 0 Å². The highest BCUT2D eigenvalue weighted by Gasteiger charge is 2.24. The summed E-state index contributed by atoms with van der Waals surface area (Å²) in [6.07, 6.45) is 0. The van der Waals surface area contributed by atoms with E-state index in [0.717, 1.165) is 4.31 Å². The van der Waals surface area contributed by atoms with Gasteiger partial charge in [-0.1, -0.05) is 30.3 Å². The van der Waals surface area contributed by atoms with E-state index in [4.69, 9.17) is 5.11 Å². The van der Waals surface area contributed by atoms with E-state index in [9.17, 15) is 13.2 Å². The van der Waals surface area contributed by atoms with Crippen molar-refractivity contribution in [2.45, 2.75) is 4.90 Å². The van der Waals surface area contributed by atoms with Crippen molar-refractivity contribution in [3.05, 3.63) is 60.2 Å². The number of carboxylic acids is 1. The fourth-order valence-electron chi connectivity index (χ4n) is 1.81. The molecule has 0 fully saturated rings. The third kappa shape index (κ3) is 2.50. The molecule has 20 heavy (non-hydrogen) atoms. The van der Waals surface area contributed by atoms with Crippen LogP contribution in [-0.2, 0) is 10.0 Å². The summed E-state index contributed by atoms with van der Waals surface area (Å²) < 4.78 is 25.9. The highest BCUT2D eigenvalue weighted by Crippen LogP contribution is 2.25. The molecule has 1 N–H and O–H groups in total. The fraction of sp³-hybridized carbons (Fsp3) is 0.0714. The minimum atomic E-state index is -3.78. The van der Waals surface area contributed by atoms with Gasteiger partial charge in [-0.15, -0.1) is 0 Å². The maximum absolute atomic E-state index is 12.4. The van der Waals surface area contributed by atoms with Crippen LogP contribution in [0.25, 0.3) is 0 Å². The average Bonchev–Trinajstić information content (AvgIpc) is 2.47. The lowest BCUT2D eigenvalue weighted by Gasteiger charge is -2.21. The van der Waals surface area contributed by atoms with Crippen molar-refractivity contribution in [2.75, 3.05) is 11.4 Å². The standard InChI is InChI=1S/C14H13NO4S/c1-15(13-10-6-5-9-12(13)14(16)17)20(18,19)11-7-3-2-4-8-11/h2-10H,1H3,(H,16,17). The van der Waals surface area contributed by atoms with Gasteiger partial charge in [0, 0.05) is 7.05 Å². The molecule has 0 spiro atoms. The Kier molecular flexibility index (Phi) is 3.76. The van der Waals surface area contributed by atoms with Crippen molar-refractivity contribution in [2.24, 2.45) is 0 Å². The molecule has 2 rings (SSSR count). The molecule has 0 atom stereocenters. The molecule has 0 unspecified atom stereocenters. The molecule has 2 aromatic carbocycles. The first-order chi connectivity index (χ1) is 9.44. The largest absolute Gasteiger partial charge is 0.478 e. The molecule has 0 aliphatic heterocycles. The Labute approximate surface area is 117 Å². The number of rotatable bonds is 4. The molecule has 0 saturated carbocycles. The van der Waals surface area contributed by atoms with Gasteiger partial charge in [-0.05, 0) is 24.3 Å². The first-order valence-corrected chi connectivity index (χ1v) is 7.25. The second-order valence-corrected chi connectivity index (χ2v) is 6.08. The zero-order chi connectivity index (χ0) is 14.8. The summed E-state index contributed by atoms with van der Waals surface area (Å²) in [5, 5.41) is 9.13. The van der Waals surface area contributed by atoms with E-state index in [1.165, 1.54) is 31.3 Å². The lowest BCUT2D eigenvalue weighted by molar-refractivity contribution is 0.0698. The maximum Gasteiger partial charge on any atom is 0.337 e. The van der Waals surface area contributed by atoms with E-state index in [1.54, 1.807) is 30.3 Å². The molecule has 0 bridgehead atoms. The van der Waals surface area contributed by atoms with Gasteiger partial charge in [0.05, 0.1) is 16.1 Å². The Morgan fingerprint density at radius 2 is 1.55 bits per heavy atom. The first kappa shape index (κ1) is 14.1. The van der Waals surface area contributed by atoms with Gasteiger partial charge in [-0.3, -0.25) is 4.31 Å². The van der Waals surface area contributed by atoms with Crippen LogP contribution in [0.2, 0.25) is 0 Å². The molecule has 5 nitrogen and oxygen atoms in total. The third-order valence-corrected chi connectivity index (χ3v) is 4.66. The van der Waals surface area contributed by atoms with Crippen LogP contribution in [0, 0.1) is 0 Å². The van der Waals surface area contributed by atoms with Crippen LogP contribution in [-0.4, -0.2) is 26.5 Å². The molecule has 0 aliphatic rings. The summed E-state index contributed by atoms with van der Waals surface area (Å²) in [6, 6.07) is 13.9. The minimum absolute atomic E-state index is 0.0606. The van der Waals surface area contributed by atoms with E-state index >= 15 is 0 Å². The Morgan fingerprint density at radius 1 is 1.00 bits per heavy atom. The molecule has 104 valence electrons. The van der Waals surface area contributed by atoms with Crippen molar-refractivity contribution in [3.8, 4) is 0 Å². The number of sulfonamides is 1. The quantitative estimate of drug-likeness (QED) is 0.937. The van der Waals surface area contributed by atoms with Crippen molar-refractivity contribution in [1.82, 2.24) is 0 Å². The van der Waals surface area contributed by atoms with Gasteiger partial charge in [-0.2, -0.15) is 0 Å². The Hall–Kier alpha value is -2.34. The van der Waals surface area contributed by atoms with Crippen LogP contribution in [0.4, 0.5) is 5.69 Å². The number of aromatic carboxylic acids is 1. The lowest BCUT2D eigenvalue weighted by atomic mass is 10.2. The number of anilines is 1. The molecule has 0 amide bonds. The summed E-state index contributed by atoms with van der Waals surface area (Å²) in [7, 11) is -2.44. The Morgan fingerprint density at radius 3 is 2.15 bits per heavy atom. The summed E-state index contributed by atoms with van der Waals surface area (Å²) in [5.74, 6) is -1.17. The summed E-state index contributed by atoms with van der Waals surface area (Å²) in [5.41, 5.74) is 0.0679. The fourth-order valence-corrected chi connectivity index (χ4v) is 3.04. The van der Waals surface area contributed by atoms with Gasteiger partial charge in [0.15, 0.2) is 0 Å². The van der Waals surface area contributed by atoms with Gasteiger partial charge in [0.25, 0.3) is 10.0 Å². The highest BCUT2D eigenvalue weighted by molar-refractivity contribution is 7.92. The van der Waals surface area contributed by atoms with Gasteiger partial charge in [0.1, 0.15) is 0 Å². The van der Waals surface area contributed by atoms with Crippen LogP contribution < -0.4 is 4.31 Å². The average molecular weight is 291 g/mol. The second-order valence-electron chi connectivity index (χ2n) is 4.11. The van der Waals surface area contributed by atoms with Gasteiger partial charge in [0.2, 0.25) is 0 Å². The molecule has 0 saturated heterocycles. The van der Waals surface area contributed by atoms with Crippen molar-refractivity contribution < 1.29 is 18.3 Å². The second kappa shape index (κ2) is 5.34. The number of carboxylic acid groups (broad SMARTS) is 1. The number of para-hydroxylation sites is 1. The number of carbonyl (C=O) groups is 1. The minimum Gasteiger partial charge on any atom is -0.478 e. The molecule has 0 aromatic heterocycles. The number of hydrogen-bond acceptors (Lipinski definition) is 3. The number of hydrogen-bond donors (Lipinski definition) is 1. The zero-order valence-corrected chi connectivity index (χ0v) is 11.5. The van der Waals surface area contributed by atoms with Crippen molar-refractivity contribution >= 4 is 21.7 Å². The predicted molar refractivity (Wildman–Crippen MR) is 75.4 cm³/mol. The molecule has 2 aromatic rings. The monoisotopic (exact) mass is 291 g/mol. The molecule has 0 radical (unpaired) electrons. The van der Waals surface area contributed by atoms with E-state index in [0.29, 0.717) is 0 Å².